The zero-order valence-electron chi connectivity index (χ0n) is 36.0. The van der Waals surface area contributed by atoms with Gasteiger partial charge in [0.2, 0.25) is 0 Å². The lowest BCUT2D eigenvalue weighted by Crippen LogP contribution is -2.14. The van der Waals surface area contributed by atoms with Crippen LogP contribution in [0.25, 0.3) is 130 Å². The quantitative estimate of drug-likeness (QED) is 0.173. The van der Waals surface area contributed by atoms with Crippen molar-refractivity contribution in [2.75, 3.05) is 0 Å². The molecule has 0 saturated heterocycles. The molecule has 0 amide bonds. The van der Waals surface area contributed by atoms with E-state index in [9.17, 15) is 0 Å². The van der Waals surface area contributed by atoms with Gasteiger partial charge in [-0.05, 0) is 87.0 Å². The summed E-state index contributed by atoms with van der Waals surface area (Å²) in [5.74, 6) is 1.89. The molecular weight excluding hydrogens is 843 g/mol. The highest BCUT2D eigenvalue weighted by Gasteiger charge is 2.36. The molecule has 4 aromatic heterocycles. The maximum atomic E-state index is 6.62. The first-order valence-corrected chi connectivity index (χ1v) is 24.0. The zero-order chi connectivity index (χ0) is 43.7. The minimum atomic E-state index is -0.0475. The first kappa shape index (κ1) is 37.6. The standard InChI is InChI=1S/C60H37N3OS2/c1-60(2)46-21-6-3-14-40(46)53-37(16-10-22-47(53)60)35-29-27-34(28-30-35)36-31-32-48-45(33-36)54-42(18-11-23-49(54)64-48)57-61-58(43-19-12-26-52-55(43)41-15-5-8-25-51(41)65-52)63-59(62-57)44-20-9-17-39-38-13-4-7-24-50(38)66-56(39)44/h3-33H,1-2H3. The van der Waals surface area contributed by atoms with Crippen LogP contribution in [0.1, 0.15) is 25.0 Å². The summed E-state index contributed by atoms with van der Waals surface area (Å²) in [5, 5.41) is 6.80. The van der Waals surface area contributed by atoms with Gasteiger partial charge >= 0.3 is 0 Å². The van der Waals surface area contributed by atoms with E-state index in [-0.39, 0.29) is 5.41 Å². The van der Waals surface area contributed by atoms with Crippen LogP contribution < -0.4 is 0 Å². The molecule has 0 bridgehead atoms. The SMILES string of the molecule is CC1(C)c2ccccc2-c2c(-c3ccc(-c4ccc5oc6cccc(-c7nc(-c8cccc9c8sc8ccccc89)nc(-c8cccc9sc%10ccccc%10c89)n7)c6c5c4)cc3)cccc21. The van der Waals surface area contributed by atoms with E-state index in [1.54, 1.807) is 22.7 Å². The van der Waals surface area contributed by atoms with E-state index in [0.717, 1.165) is 59.8 Å². The van der Waals surface area contributed by atoms with Crippen LogP contribution >= 0.6 is 22.7 Å². The highest BCUT2D eigenvalue weighted by Crippen LogP contribution is 2.52. The van der Waals surface area contributed by atoms with E-state index < -0.39 is 0 Å². The highest BCUT2D eigenvalue weighted by atomic mass is 32.1. The summed E-state index contributed by atoms with van der Waals surface area (Å²) < 4.78 is 11.5. The van der Waals surface area contributed by atoms with E-state index >= 15 is 0 Å². The second-order valence-electron chi connectivity index (χ2n) is 17.8. The van der Waals surface area contributed by atoms with E-state index in [4.69, 9.17) is 19.4 Å². The van der Waals surface area contributed by atoms with Crippen molar-refractivity contribution in [3.8, 4) is 67.5 Å². The van der Waals surface area contributed by atoms with E-state index in [1.807, 2.05) is 12.1 Å². The van der Waals surface area contributed by atoms with Crippen molar-refractivity contribution >= 4 is 85.0 Å². The molecule has 1 aliphatic rings. The largest absolute Gasteiger partial charge is 0.456 e. The van der Waals surface area contributed by atoms with Crippen LogP contribution in [0.5, 0.6) is 0 Å². The third-order valence-corrected chi connectivity index (χ3v) is 16.2. The third kappa shape index (κ3) is 5.52. The minimum Gasteiger partial charge on any atom is -0.456 e. The van der Waals surface area contributed by atoms with Crippen LogP contribution in [0.15, 0.2) is 192 Å². The second-order valence-corrected chi connectivity index (χ2v) is 20.0. The van der Waals surface area contributed by atoms with Gasteiger partial charge in [-0.3, -0.25) is 0 Å². The van der Waals surface area contributed by atoms with Gasteiger partial charge in [0.05, 0.1) is 0 Å². The molecule has 9 aromatic carbocycles. The Morgan fingerprint density at radius 1 is 0.379 bits per heavy atom. The molecule has 0 unspecified atom stereocenters. The van der Waals surface area contributed by atoms with Crippen molar-refractivity contribution in [2.24, 2.45) is 0 Å². The van der Waals surface area contributed by atoms with Crippen LogP contribution in [0.2, 0.25) is 0 Å². The molecule has 14 rings (SSSR count). The van der Waals surface area contributed by atoms with Gasteiger partial charge < -0.3 is 4.42 Å². The molecule has 1 aliphatic carbocycles. The predicted octanol–water partition coefficient (Wildman–Crippen LogP) is 17.1. The van der Waals surface area contributed by atoms with Crippen LogP contribution in [-0.4, -0.2) is 15.0 Å². The topological polar surface area (TPSA) is 51.8 Å². The average Bonchev–Trinajstić information content (AvgIpc) is 4.12. The molecule has 0 atom stereocenters. The number of aromatic nitrogens is 3. The maximum absolute atomic E-state index is 6.62. The average molecular weight is 880 g/mol. The number of hydrogen-bond donors (Lipinski definition) is 0. The summed E-state index contributed by atoms with van der Waals surface area (Å²) in [6.45, 7) is 4.68. The van der Waals surface area contributed by atoms with Crippen LogP contribution in [0, 0.1) is 0 Å². The molecule has 310 valence electrons. The first-order chi connectivity index (χ1) is 32.5. The Balaban J connectivity index is 0.940. The Kier molecular flexibility index (Phi) is 8.04. The monoisotopic (exact) mass is 879 g/mol. The molecule has 0 fully saturated rings. The number of fused-ring (bicyclic) bond motifs is 12. The van der Waals surface area contributed by atoms with Crippen molar-refractivity contribution in [3.63, 3.8) is 0 Å². The molecule has 0 spiro atoms. The lowest BCUT2D eigenvalue weighted by Gasteiger charge is -2.21. The van der Waals surface area contributed by atoms with Crippen molar-refractivity contribution in [3.05, 3.63) is 199 Å². The number of hydrogen-bond acceptors (Lipinski definition) is 6. The molecule has 13 aromatic rings. The Hall–Kier alpha value is -7.77. The Bertz CT molecular complexity index is 4150. The number of rotatable bonds is 5. The smallest absolute Gasteiger partial charge is 0.165 e. The fourth-order valence-corrected chi connectivity index (χ4v) is 13.0. The number of thiophene rings is 2. The molecule has 0 radical (unpaired) electrons. The van der Waals surface area contributed by atoms with Gasteiger partial charge in [-0.15, -0.1) is 22.7 Å². The fourth-order valence-electron chi connectivity index (χ4n) is 10.7. The second kappa shape index (κ2) is 14.1. The summed E-state index contributed by atoms with van der Waals surface area (Å²) >= 11 is 3.59. The molecule has 66 heavy (non-hydrogen) atoms. The van der Waals surface area contributed by atoms with Gasteiger partial charge in [-0.2, -0.15) is 0 Å². The predicted molar refractivity (Wildman–Crippen MR) is 278 cm³/mol. The molecule has 0 saturated carbocycles. The van der Waals surface area contributed by atoms with Gasteiger partial charge in [0.1, 0.15) is 11.2 Å². The molecule has 0 aliphatic heterocycles. The van der Waals surface area contributed by atoms with E-state index in [1.165, 1.54) is 63.6 Å². The van der Waals surface area contributed by atoms with Gasteiger partial charge in [0.25, 0.3) is 0 Å². The summed E-state index contributed by atoms with van der Waals surface area (Å²) in [6.07, 6.45) is 0. The lowest BCUT2D eigenvalue weighted by molar-refractivity contribution is 0.660. The highest BCUT2D eigenvalue weighted by molar-refractivity contribution is 7.26. The summed E-state index contributed by atoms with van der Waals surface area (Å²) in [4.78, 5) is 16.2. The Morgan fingerprint density at radius 2 is 0.939 bits per heavy atom. The number of benzene rings is 9. The molecule has 0 N–H and O–H groups in total. The van der Waals surface area contributed by atoms with Gasteiger partial charge in [-0.1, -0.05) is 159 Å². The Morgan fingerprint density at radius 3 is 1.77 bits per heavy atom. The van der Waals surface area contributed by atoms with Crippen molar-refractivity contribution in [2.45, 2.75) is 19.3 Å². The van der Waals surface area contributed by atoms with Gasteiger partial charge in [0.15, 0.2) is 17.5 Å². The minimum absolute atomic E-state index is 0.0475. The summed E-state index contributed by atoms with van der Waals surface area (Å²) in [6, 6.07) is 67.6. The van der Waals surface area contributed by atoms with Crippen LogP contribution in [0.4, 0.5) is 0 Å². The lowest BCUT2D eigenvalue weighted by atomic mass is 9.82. The number of furan rings is 1. The zero-order valence-corrected chi connectivity index (χ0v) is 37.6. The molecule has 6 heteroatoms. The van der Waals surface area contributed by atoms with Crippen molar-refractivity contribution in [1.82, 2.24) is 15.0 Å². The van der Waals surface area contributed by atoms with Crippen molar-refractivity contribution in [1.29, 1.82) is 0 Å². The van der Waals surface area contributed by atoms with Crippen LogP contribution in [0.3, 0.4) is 0 Å². The number of nitrogens with zero attached hydrogens (tertiary/aromatic N) is 3. The molecular formula is C60H37N3OS2. The van der Waals surface area contributed by atoms with Gasteiger partial charge in [0, 0.05) is 73.2 Å². The Labute approximate surface area is 388 Å². The molecule has 4 nitrogen and oxygen atoms in total. The third-order valence-electron chi connectivity index (χ3n) is 13.8. The van der Waals surface area contributed by atoms with E-state index in [2.05, 4.69) is 190 Å². The van der Waals surface area contributed by atoms with Gasteiger partial charge in [-0.25, -0.2) is 15.0 Å². The normalized spacial score (nSPS) is 13.1. The maximum Gasteiger partial charge on any atom is 0.165 e. The summed E-state index contributed by atoms with van der Waals surface area (Å²) in [7, 11) is 0. The van der Waals surface area contributed by atoms with Crippen LogP contribution in [-0.2, 0) is 5.41 Å². The fraction of sp³-hybridized carbons (Fsp3) is 0.0500. The van der Waals surface area contributed by atoms with Crippen molar-refractivity contribution < 1.29 is 4.42 Å². The molecule has 4 heterocycles. The van der Waals surface area contributed by atoms with E-state index in [0.29, 0.717) is 17.5 Å². The summed E-state index contributed by atoms with van der Waals surface area (Å²) in [5.41, 5.74) is 14.6. The first-order valence-electron chi connectivity index (χ1n) is 22.3.